The normalized spacial score (nSPS) is 12.5. The van der Waals surface area contributed by atoms with E-state index in [1.165, 1.54) is 167 Å². The molecule has 0 heterocycles. The van der Waals surface area contributed by atoms with Crippen LogP contribution < -0.4 is 0 Å². The summed E-state index contributed by atoms with van der Waals surface area (Å²) in [5, 5.41) is 0. The van der Waals surface area contributed by atoms with E-state index in [-0.39, 0.29) is 31.1 Å². The van der Waals surface area contributed by atoms with Gasteiger partial charge in [0.1, 0.15) is 13.2 Å². The summed E-state index contributed by atoms with van der Waals surface area (Å²) in [4.78, 5) is 38.1. The predicted octanol–water partition coefficient (Wildman–Crippen LogP) is 20.5. The van der Waals surface area contributed by atoms with Crippen LogP contribution in [0.15, 0.2) is 72.9 Å². The summed E-state index contributed by atoms with van der Waals surface area (Å²) in [6.07, 6.45) is 76.3. The van der Waals surface area contributed by atoms with Crippen LogP contribution in [-0.4, -0.2) is 37.2 Å². The van der Waals surface area contributed by atoms with Crippen molar-refractivity contribution in [3.8, 4) is 0 Å². The highest BCUT2D eigenvalue weighted by molar-refractivity contribution is 5.71. The highest BCUT2D eigenvalue weighted by Gasteiger charge is 2.19. The summed E-state index contributed by atoms with van der Waals surface area (Å²) >= 11 is 0. The third-order valence-corrected chi connectivity index (χ3v) is 13.2. The summed E-state index contributed by atoms with van der Waals surface area (Å²) in [6.45, 7) is 6.52. The number of carbonyl (C=O) groups is 3. The van der Waals surface area contributed by atoms with Crippen LogP contribution in [-0.2, 0) is 28.6 Å². The molecule has 0 fully saturated rings. The average Bonchev–Trinajstić information content (AvgIpc) is 3.37. The number of esters is 3. The Morgan fingerprint density at radius 1 is 0.296 bits per heavy atom. The molecule has 0 aromatic rings. The number of unbranched alkanes of at least 4 members (excludes halogenated alkanes) is 32. The predicted molar refractivity (Wildman–Crippen MR) is 307 cm³/mol. The van der Waals surface area contributed by atoms with Gasteiger partial charge in [0.05, 0.1) is 0 Å². The first kappa shape index (κ1) is 67.8. The molecule has 0 saturated heterocycles. The number of ether oxygens (including phenoxy) is 3. The molecule has 0 aromatic carbocycles. The van der Waals surface area contributed by atoms with Gasteiger partial charge in [-0.25, -0.2) is 0 Å². The SMILES string of the molecule is CC/C=C\C/C=C\C/C=C\C/C=C\C/C=C\CCCCCCCCCCCCCCCC(=O)OCC(COC(=O)CCCCCCCCCCCC)OC(=O)CCCCCCC/C=C\CCCCCCC. The molecule has 0 bridgehead atoms. The zero-order valence-corrected chi connectivity index (χ0v) is 47.0. The molecule has 0 aliphatic carbocycles. The van der Waals surface area contributed by atoms with Crippen molar-refractivity contribution in [1.29, 1.82) is 0 Å². The van der Waals surface area contributed by atoms with E-state index in [0.29, 0.717) is 19.3 Å². The molecule has 0 spiro atoms. The zero-order valence-electron chi connectivity index (χ0n) is 47.0. The molecule has 6 nitrogen and oxygen atoms in total. The zero-order chi connectivity index (χ0) is 51.4. The van der Waals surface area contributed by atoms with Crippen LogP contribution in [0.2, 0.25) is 0 Å². The molecular weight excluding hydrogens is 877 g/mol. The van der Waals surface area contributed by atoms with E-state index in [1.54, 1.807) is 0 Å². The van der Waals surface area contributed by atoms with E-state index in [0.717, 1.165) is 96.3 Å². The minimum Gasteiger partial charge on any atom is -0.462 e. The molecule has 0 aliphatic rings. The van der Waals surface area contributed by atoms with Gasteiger partial charge in [0.2, 0.25) is 0 Å². The van der Waals surface area contributed by atoms with Crippen LogP contribution in [0.4, 0.5) is 0 Å². The van der Waals surface area contributed by atoms with Gasteiger partial charge in [-0.1, -0.05) is 267 Å². The van der Waals surface area contributed by atoms with Crippen LogP contribution in [0.1, 0.15) is 303 Å². The van der Waals surface area contributed by atoms with Crippen molar-refractivity contribution >= 4 is 17.9 Å². The fourth-order valence-corrected chi connectivity index (χ4v) is 8.64. The standard InChI is InChI=1S/C65H114O6/c1-4-7-10-13-16-19-22-24-26-27-28-29-30-31-32-33-34-35-36-37-38-39-40-42-43-46-49-52-55-58-64(67)70-61-62(60-69-63(66)57-54-51-48-45-21-18-15-12-9-6-3)71-65(68)59-56-53-50-47-44-41-25-23-20-17-14-11-8-5-2/h7,10,16,19,23-26,28-29,31-32,62H,4-6,8-9,11-15,17-18,20-22,27,30,33-61H2,1-3H3/b10-7-,19-16-,25-23-,26-24-,29-28-,32-31-. The number of rotatable bonds is 55. The third kappa shape index (κ3) is 57.6. The number of hydrogen-bond acceptors (Lipinski definition) is 6. The monoisotopic (exact) mass is 991 g/mol. The summed E-state index contributed by atoms with van der Waals surface area (Å²) in [5.41, 5.74) is 0. The van der Waals surface area contributed by atoms with Crippen molar-refractivity contribution in [2.24, 2.45) is 0 Å². The van der Waals surface area contributed by atoms with Gasteiger partial charge in [0.15, 0.2) is 6.10 Å². The Balaban J connectivity index is 4.16. The quantitative estimate of drug-likeness (QED) is 0.0261. The van der Waals surface area contributed by atoms with Gasteiger partial charge in [-0.2, -0.15) is 0 Å². The maximum absolute atomic E-state index is 12.8. The summed E-state index contributed by atoms with van der Waals surface area (Å²) in [5.74, 6) is -0.876. The summed E-state index contributed by atoms with van der Waals surface area (Å²) in [7, 11) is 0. The first-order chi connectivity index (χ1) is 35.0. The highest BCUT2D eigenvalue weighted by atomic mass is 16.6. The van der Waals surface area contributed by atoms with Gasteiger partial charge in [-0.05, 0) is 89.9 Å². The van der Waals surface area contributed by atoms with E-state index in [1.807, 2.05) is 0 Å². The Morgan fingerprint density at radius 2 is 0.549 bits per heavy atom. The molecule has 0 amide bonds. The van der Waals surface area contributed by atoms with Crippen LogP contribution in [0.25, 0.3) is 0 Å². The van der Waals surface area contributed by atoms with Gasteiger partial charge < -0.3 is 14.2 Å². The highest BCUT2D eigenvalue weighted by Crippen LogP contribution is 2.16. The summed E-state index contributed by atoms with van der Waals surface area (Å²) < 4.78 is 16.8. The van der Waals surface area contributed by atoms with Gasteiger partial charge in [0, 0.05) is 19.3 Å². The molecule has 0 N–H and O–H groups in total. The Labute approximate surface area is 440 Å². The molecule has 71 heavy (non-hydrogen) atoms. The second-order valence-electron chi connectivity index (χ2n) is 20.2. The largest absolute Gasteiger partial charge is 0.462 e. The number of carbonyl (C=O) groups excluding carboxylic acids is 3. The molecule has 0 aliphatic heterocycles. The van der Waals surface area contributed by atoms with Crippen LogP contribution >= 0.6 is 0 Å². The smallest absolute Gasteiger partial charge is 0.306 e. The molecule has 1 atom stereocenters. The fraction of sp³-hybridized carbons (Fsp3) is 0.769. The lowest BCUT2D eigenvalue weighted by atomic mass is 10.0. The maximum atomic E-state index is 12.8. The van der Waals surface area contributed by atoms with Gasteiger partial charge >= 0.3 is 17.9 Å². The first-order valence-corrected chi connectivity index (χ1v) is 30.4. The number of allylic oxidation sites excluding steroid dienone is 12. The lowest BCUT2D eigenvalue weighted by Crippen LogP contribution is -2.30. The molecule has 6 heteroatoms. The lowest BCUT2D eigenvalue weighted by molar-refractivity contribution is -0.167. The van der Waals surface area contributed by atoms with E-state index < -0.39 is 6.10 Å². The van der Waals surface area contributed by atoms with E-state index in [4.69, 9.17) is 14.2 Å². The number of hydrogen-bond donors (Lipinski definition) is 0. The Kier molecular flexibility index (Phi) is 56.8. The minimum atomic E-state index is -0.776. The van der Waals surface area contributed by atoms with Crippen LogP contribution in [0.5, 0.6) is 0 Å². The maximum Gasteiger partial charge on any atom is 0.306 e. The Bertz CT molecular complexity index is 1320. The van der Waals surface area contributed by atoms with E-state index in [9.17, 15) is 14.4 Å². The van der Waals surface area contributed by atoms with Crippen molar-refractivity contribution in [2.75, 3.05) is 13.2 Å². The minimum absolute atomic E-state index is 0.0751. The topological polar surface area (TPSA) is 78.9 Å². The van der Waals surface area contributed by atoms with Crippen LogP contribution in [0.3, 0.4) is 0 Å². The van der Waals surface area contributed by atoms with Crippen LogP contribution in [0, 0.1) is 0 Å². The molecule has 0 aromatic heterocycles. The second-order valence-corrected chi connectivity index (χ2v) is 20.2. The Morgan fingerprint density at radius 3 is 0.873 bits per heavy atom. The van der Waals surface area contributed by atoms with E-state index >= 15 is 0 Å². The van der Waals surface area contributed by atoms with Crippen molar-refractivity contribution in [3.05, 3.63) is 72.9 Å². The molecule has 0 rings (SSSR count). The third-order valence-electron chi connectivity index (χ3n) is 13.2. The molecule has 0 saturated carbocycles. The fourth-order valence-electron chi connectivity index (χ4n) is 8.64. The average molecular weight is 992 g/mol. The van der Waals surface area contributed by atoms with Crippen molar-refractivity contribution in [2.45, 2.75) is 309 Å². The van der Waals surface area contributed by atoms with Gasteiger partial charge in [-0.3, -0.25) is 14.4 Å². The van der Waals surface area contributed by atoms with Crippen molar-refractivity contribution in [1.82, 2.24) is 0 Å². The summed E-state index contributed by atoms with van der Waals surface area (Å²) in [6, 6.07) is 0. The Hall–Kier alpha value is -3.15. The van der Waals surface area contributed by atoms with E-state index in [2.05, 4.69) is 93.7 Å². The lowest BCUT2D eigenvalue weighted by Gasteiger charge is -2.18. The molecule has 0 radical (unpaired) electrons. The van der Waals surface area contributed by atoms with Gasteiger partial charge in [-0.15, -0.1) is 0 Å². The van der Waals surface area contributed by atoms with Crippen molar-refractivity contribution < 1.29 is 28.6 Å². The first-order valence-electron chi connectivity index (χ1n) is 30.4. The van der Waals surface area contributed by atoms with Gasteiger partial charge in [0.25, 0.3) is 0 Å². The molecular formula is C65H114O6. The molecule has 410 valence electrons. The second kappa shape index (κ2) is 59.4. The molecule has 1 unspecified atom stereocenters. The van der Waals surface area contributed by atoms with Crippen molar-refractivity contribution in [3.63, 3.8) is 0 Å².